The Balaban J connectivity index is 2.76. The number of nitrogens with zero attached hydrogens (tertiary/aromatic N) is 1. The van der Waals surface area contributed by atoms with Crippen molar-refractivity contribution >= 4 is 41.1 Å². The van der Waals surface area contributed by atoms with Gasteiger partial charge in [0.05, 0.1) is 24.5 Å². The van der Waals surface area contributed by atoms with Crippen molar-refractivity contribution in [1.82, 2.24) is 15.5 Å². The Labute approximate surface area is 242 Å². The maximum Gasteiger partial charge on any atom is 0.347 e. The van der Waals surface area contributed by atoms with Crippen LogP contribution in [0.15, 0.2) is 0 Å². The van der Waals surface area contributed by atoms with Crippen LogP contribution in [0.4, 0.5) is 0 Å². The van der Waals surface area contributed by atoms with Gasteiger partial charge in [-0.3, -0.25) is 28.8 Å². The lowest BCUT2D eigenvalue weighted by molar-refractivity contribution is -0.174. The summed E-state index contributed by atoms with van der Waals surface area (Å²) < 4.78 is 10.2. The van der Waals surface area contributed by atoms with Crippen molar-refractivity contribution in [3.63, 3.8) is 0 Å². The fraction of sp³-hybridized carbons (Fsp3) is 0.759. The summed E-state index contributed by atoms with van der Waals surface area (Å²) in [6.45, 7) is 11.6. The molecule has 0 aromatic heterocycles. The quantitative estimate of drug-likeness (QED) is 0.240. The van der Waals surface area contributed by atoms with Gasteiger partial charge in [0.2, 0.25) is 11.8 Å². The van der Waals surface area contributed by atoms with Gasteiger partial charge in [0.1, 0.15) is 0 Å². The zero-order valence-corrected chi connectivity index (χ0v) is 25.6. The number of rotatable bonds is 17. The molecule has 41 heavy (non-hydrogen) atoms. The number of carbonyl (C=O) groups is 7. The molecule has 232 valence electrons. The minimum absolute atomic E-state index is 0.0595. The molecule has 2 amide bonds. The second kappa shape index (κ2) is 17.0. The van der Waals surface area contributed by atoms with Crippen molar-refractivity contribution in [3.8, 4) is 0 Å². The smallest absolute Gasteiger partial charge is 0.347 e. The van der Waals surface area contributed by atoms with Crippen LogP contribution >= 0.6 is 0 Å². The lowest BCUT2D eigenvalue weighted by Gasteiger charge is -2.26. The number of amides is 2. The Bertz CT molecular complexity index is 979. The van der Waals surface area contributed by atoms with Crippen molar-refractivity contribution in [1.29, 1.82) is 0 Å². The number of hydrogen-bond donors (Lipinski definition) is 2. The average molecular weight is 582 g/mol. The number of likely N-dealkylation sites (tertiary alicyclic amines) is 1. The molecule has 5 unspecified atom stereocenters. The molecule has 12 heteroatoms. The third kappa shape index (κ3) is 11.3. The normalized spacial score (nSPS) is 17.9. The van der Waals surface area contributed by atoms with Crippen molar-refractivity contribution in [2.45, 2.75) is 105 Å². The number of hydrogen-bond acceptors (Lipinski definition) is 10. The maximum absolute atomic E-state index is 13.2. The summed E-state index contributed by atoms with van der Waals surface area (Å²) in [5, 5.41) is 5.49. The van der Waals surface area contributed by atoms with Gasteiger partial charge < -0.3 is 25.0 Å². The van der Waals surface area contributed by atoms with Gasteiger partial charge in [0.25, 0.3) is 0 Å². The molecular weight excluding hydrogens is 534 g/mol. The van der Waals surface area contributed by atoms with Gasteiger partial charge in [0.15, 0.2) is 29.6 Å². The SMILES string of the molecule is CNCC(=O)N1CCCC1C(=O)CCC(=O)NC(C(=O)CC(C(=O)OC(C)C(=O)OC(C)C(C)=O)C(C)C)C(C)C. The highest BCUT2D eigenvalue weighted by molar-refractivity contribution is 5.95. The van der Waals surface area contributed by atoms with Gasteiger partial charge in [-0.2, -0.15) is 0 Å². The average Bonchev–Trinajstić information content (AvgIpc) is 3.38. The fourth-order valence-electron chi connectivity index (χ4n) is 4.52. The monoisotopic (exact) mass is 581 g/mol. The van der Waals surface area contributed by atoms with Gasteiger partial charge in [0, 0.05) is 25.8 Å². The van der Waals surface area contributed by atoms with E-state index in [0.29, 0.717) is 13.0 Å². The first-order valence-corrected chi connectivity index (χ1v) is 14.3. The van der Waals surface area contributed by atoms with Crippen LogP contribution in [0.1, 0.15) is 80.6 Å². The Kier molecular flexibility index (Phi) is 14.8. The molecule has 0 saturated carbocycles. The minimum Gasteiger partial charge on any atom is -0.452 e. The molecule has 2 N–H and O–H groups in total. The second-order valence-electron chi connectivity index (χ2n) is 11.3. The van der Waals surface area contributed by atoms with Crippen molar-refractivity contribution in [2.75, 3.05) is 20.1 Å². The van der Waals surface area contributed by atoms with E-state index >= 15 is 0 Å². The molecule has 0 aromatic carbocycles. The van der Waals surface area contributed by atoms with Crippen LogP contribution in [0.2, 0.25) is 0 Å². The molecule has 0 aromatic rings. The van der Waals surface area contributed by atoms with Gasteiger partial charge in [-0.05, 0) is 52.5 Å². The number of esters is 2. The highest BCUT2D eigenvalue weighted by Crippen LogP contribution is 2.22. The maximum atomic E-state index is 13.2. The van der Waals surface area contributed by atoms with Crippen LogP contribution in [0, 0.1) is 17.8 Å². The third-order valence-electron chi connectivity index (χ3n) is 7.22. The number of carbonyl (C=O) groups excluding carboxylic acids is 7. The summed E-state index contributed by atoms with van der Waals surface area (Å²) in [5.74, 6) is -4.68. The molecule has 0 aliphatic carbocycles. The van der Waals surface area contributed by atoms with E-state index in [0.717, 1.165) is 6.42 Å². The van der Waals surface area contributed by atoms with Crippen LogP contribution < -0.4 is 10.6 Å². The zero-order chi connectivity index (χ0) is 31.4. The molecule has 5 atom stereocenters. The Hall–Kier alpha value is -3.15. The van der Waals surface area contributed by atoms with Crippen molar-refractivity contribution < 1.29 is 43.0 Å². The van der Waals surface area contributed by atoms with E-state index < -0.39 is 48.1 Å². The first-order valence-electron chi connectivity index (χ1n) is 14.3. The number of likely N-dealkylation sites (N-methyl/N-ethyl adjacent to an activating group) is 1. The molecule has 1 heterocycles. The molecule has 1 rings (SSSR count). The summed E-state index contributed by atoms with van der Waals surface area (Å²) >= 11 is 0. The Morgan fingerprint density at radius 1 is 0.854 bits per heavy atom. The van der Waals surface area contributed by atoms with E-state index in [-0.39, 0.29) is 60.9 Å². The molecule has 1 fully saturated rings. The Morgan fingerprint density at radius 2 is 1.46 bits per heavy atom. The van der Waals surface area contributed by atoms with E-state index in [9.17, 15) is 33.6 Å². The number of ether oxygens (including phenoxy) is 2. The van der Waals surface area contributed by atoms with Crippen LogP contribution in [0.5, 0.6) is 0 Å². The first-order chi connectivity index (χ1) is 19.1. The molecule has 0 bridgehead atoms. The number of Topliss-reactive ketones (excluding diaryl/α,β-unsaturated/α-hetero) is 3. The highest BCUT2D eigenvalue weighted by Gasteiger charge is 2.35. The predicted octanol–water partition coefficient (Wildman–Crippen LogP) is 1.37. The van der Waals surface area contributed by atoms with Crippen molar-refractivity contribution in [2.24, 2.45) is 17.8 Å². The summed E-state index contributed by atoms with van der Waals surface area (Å²) in [6, 6.07) is -1.44. The molecule has 12 nitrogen and oxygen atoms in total. The highest BCUT2D eigenvalue weighted by atomic mass is 16.6. The van der Waals surface area contributed by atoms with Crippen LogP contribution in [0.3, 0.4) is 0 Å². The number of ketones is 3. The van der Waals surface area contributed by atoms with Gasteiger partial charge in [-0.25, -0.2) is 4.79 Å². The number of nitrogens with one attached hydrogen (secondary N) is 2. The standard InChI is InChI=1S/C29H47N3O9/c1-16(2)21(29(39)41-20(7)28(38)40-19(6)18(5)33)14-24(35)27(17(3)4)31-25(36)12-11-23(34)22-10-9-13-32(22)26(37)15-30-8/h16-17,19-22,27,30H,9-15H2,1-8H3,(H,31,36). The van der Waals surface area contributed by atoms with E-state index in [1.54, 1.807) is 39.6 Å². The van der Waals surface area contributed by atoms with E-state index in [1.807, 2.05) is 0 Å². The van der Waals surface area contributed by atoms with Gasteiger partial charge in [-0.15, -0.1) is 0 Å². The van der Waals surface area contributed by atoms with E-state index in [1.165, 1.54) is 20.8 Å². The summed E-state index contributed by atoms with van der Waals surface area (Å²) in [6.07, 6.45) is -1.39. The molecule has 0 spiro atoms. The van der Waals surface area contributed by atoms with E-state index in [4.69, 9.17) is 9.47 Å². The van der Waals surface area contributed by atoms with E-state index in [2.05, 4.69) is 10.6 Å². The Morgan fingerprint density at radius 3 is 2.00 bits per heavy atom. The second-order valence-corrected chi connectivity index (χ2v) is 11.3. The van der Waals surface area contributed by atoms with Crippen molar-refractivity contribution in [3.05, 3.63) is 0 Å². The first kappa shape index (κ1) is 35.9. The topological polar surface area (TPSA) is 165 Å². The zero-order valence-electron chi connectivity index (χ0n) is 25.6. The minimum atomic E-state index is -1.27. The molecule has 1 aliphatic rings. The van der Waals surface area contributed by atoms with Crippen LogP contribution in [0.25, 0.3) is 0 Å². The molecule has 1 saturated heterocycles. The van der Waals surface area contributed by atoms with Crippen LogP contribution in [-0.2, 0) is 43.0 Å². The van der Waals surface area contributed by atoms with Gasteiger partial charge in [-0.1, -0.05) is 27.7 Å². The predicted molar refractivity (Wildman–Crippen MR) is 149 cm³/mol. The summed E-state index contributed by atoms with van der Waals surface area (Å²) in [5.41, 5.74) is 0. The summed E-state index contributed by atoms with van der Waals surface area (Å²) in [7, 11) is 1.66. The lowest BCUT2D eigenvalue weighted by atomic mass is 9.86. The lowest BCUT2D eigenvalue weighted by Crippen LogP contribution is -2.46. The molecular formula is C29H47N3O9. The largest absolute Gasteiger partial charge is 0.452 e. The van der Waals surface area contributed by atoms with Crippen LogP contribution in [-0.4, -0.2) is 90.4 Å². The van der Waals surface area contributed by atoms with Gasteiger partial charge >= 0.3 is 11.9 Å². The molecule has 0 radical (unpaired) electrons. The molecule has 1 aliphatic heterocycles. The third-order valence-corrected chi connectivity index (χ3v) is 7.22. The fourth-order valence-corrected chi connectivity index (χ4v) is 4.52. The summed E-state index contributed by atoms with van der Waals surface area (Å²) in [4.78, 5) is 89.0.